The quantitative estimate of drug-likeness (QED) is 0.0377. The number of ether oxygens (including phenoxy) is 1. The number of aliphatic hydroxyl groups excluding tert-OH is 2. The lowest BCUT2D eigenvalue weighted by atomic mass is 9.70. The van der Waals surface area contributed by atoms with Crippen LogP contribution in [0.2, 0.25) is 0 Å². The third-order valence-corrected chi connectivity index (χ3v) is 10.2. The van der Waals surface area contributed by atoms with Gasteiger partial charge in [0.2, 0.25) is 0 Å². The number of aliphatic imine (C=N–C) groups is 1. The average molecular weight is 755 g/mol. The Morgan fingerprint density at radius 2 is 2.00 bits per heavy atom. The molecular weight excluding hydrogens is 716 g/mol. The number of nitrogen functional groups attached to an aromatic ring is 1. The summed E-state index contributed by atoms with van der Waals surface area (Å²) in [6.45, 7) is 3.47. The number of hydroxylamine groups is 2. The van der Waals surface area contributed by atoms with Gasteiger partial charge in [0.1, 0.15) is 23.3 Å². The number of anilines is 1. The number of oxime groups is 1. The fourth-order valence-electron chi connectivity index (χ4n) is 5.97. The number of carboxylic acid groups (broad SMARTS) is 1. The maximum atomic E-state index is 13.5. The molecule has 0 spiro atoms. The molecule has 5 rings (SSSR count). The SMILES string of the molecule is CC1(C)[C@H](NC(=O)/C(=N\O[C@](C)(C(=O)O)[C@H]2CCc3cc(C(N)=NC4CC(N)(C(O)CO)C4)ccc3O2)c2csc(N)n2)C(=O)N1OS(=O)(=O)O. The van der Waals surface area contributed by atoms with Gasteiger partial charge in [-0.05, 0) is 70.2 Å². The van der Waals surface area contributed by atoms with Gasteiger partial charge in [0.05, 0.1) is 24.3 Å². The van der Waals surface area contributed by atoms with Crippen molar-refractivity contribution < 1.29 is 56.5 Å². The number of rotatable bonds is 13. The molecule has 0 bridgehead atoms. The Balaban J connectivity index is 1.32. The highest BCUT2D eigenvalue weighted by Crippen LogP contribution is 2.37. The van der Waals surface area contributed by atoms with Gasteiger partial charge < -0.3 is 47.4 Å². The highest BCUT2D eigenvalue weighted by atomic mass is 32.3. The molecule has 278 valence electrons. The zero-order valence-corrected chi connectivity index (χ0v) is 29.2. The molecule has 22 heteroatoms. The Morgan fingerprint density at radius 1 is 1.31 bits per heavy atom. The van der Waals surface area contributed by atoms with Crippen molar-refractivity contribution in [3.63, 3.8) is 0 Å². The Kier molecular flexibility index (Phi) is 10.1. The van der Waals surface area contributed by atoms with Crippen LogP contribution in [0.1, 0.15) is 56.9 Å². The number of nitrogens with zero attached hydrogens (tertiary/aromatic N) is 4. The lowest BCUT2D eigenvalue weighted by Gasteiger charge is -2.50. The van der Waals surface area contributed by atoms with Crippen LogP contribution in [0.3, 0.4) is 0 Å². The van der Waals surface area contributed by atoms with Gasteiger partial charge in [-0.3, -0.25) is 19.1 Å². The largest absolute Gasteiger partial charge is 0.485 e. The van der Waals surface area contributed by atoms with Crippen LogP contribution in [0.4, 0.5) is 5.13 Å². The van der Waals surface area contributed by atoms with E-state index in [0.29, 0.717) is 41.2 Å². The van der Waals surface area contributed by atoms with Crippen molar-refractivity contribution in [1.82, 2.24) is 15.4 Å². The molecule has 1 aliphatic carbocycles. The van der Waals surface area contributed by atoms with Gasteiger partial charge in [-0.15, -0.1) is 15.6 Å². The standard InChI is InChI=1S/C29H38N8O12S2/c1-27(2)21(24(41)37(27)49-51(44,45)46)35-23(40)20(16-12-50-26(31)34-16)36-48-28(3,25(42)43)19-7-5-13-8-14(4-6-17(13)47-19)22(30)33-15-9-29(32,10-15)18(39)11-38/h4,6,8,12,15,18-19,21,38-39H,5,7,9-11,32H2,1-3H3,(H2,30,33)(H2,31,34)(H,35,40)(H,42,43)(H,44,45,46)/b36-20-/t15?,18?,19-,21-,28+,29?/m1/s1. The molecule has 3 aliphatic rings. The predicted molar refractivity (Wildman–Crippen MR) is 179 cm³/mol. The van der Waals surface area contributed by atoms with Crippen LogP contribution in [0, 0.1) is 0 Å². The summed E-state index contributed by atoms with van der Waals surface area (Å²) in [7, 11) is -5.04. The first-order valence-corrected chi connectivity index (χ1v) is 17.7. The zero-order chi connectivity index (χ0) is 37.7. The van der Waals surface area contributed by atoms with Crippen molar-refractivity contribution >= 4 is 56.2 Å². The smallest absolute Gasteiger partial charge is 0.418 e. The lowest BCUT2D eigenvalue weighted by Crippen LogP contribution is -2.76. The number of hydrogen-bond acceptors (Lipinski definition) is 16. The first-order chi connectivity index (χ1) is 23.7. The van der Waals surface area contributed by atoms with E-state index in [0.717, 1.165) is 11.3 Å². The van der Waals surface area contributed by atoms with Crippen LogP contribution in [0.25, 0.3) is 0 Å². The fourth-order valence-corrected chi connectivity index (χ4v) is 6.97. The van der Waals surface area contributed by atoms with E-state index in [1.54, 1.807) is 18.2 Å². The molecule has 0 radical (unpaired) electrons. The second-order valence-electron chi connectivity index (χ2n) is 13.2. The normalized spacial score (nSPS) is 26.5. The monoisotopic (exact) mass is 754 g/mol. The fraction of sp³-hybridized carbons (Fsp3) is 0.517. The molecule has 11 N–H and O–H groups in total. The summed E-state index contributed by atoms with van der Waals surface area (Å²) in [6.07, 6.45) is -0.995. The molecule has 2 amide bonds. The summed E-state index contributed by atoms with van der Waals surface area (Å²) in [5.74, 6) is -2.94. The minimum atomic E-state index is -5.04. The highest BCUT2D eigenvalue weighted by Gasteiger charge is 2.58. The third-order valence-electron chi connectivity index (χ3n) is 9.16. The van der Waals surface area contributed by atoms with Crippen LogP contribution >= 0.6 is 11.3 Å². The van der Waals surface area contributed by atoms with E-state index in [2.05, 4.69) is 24.7 Å². The number of fused-ring (bicyclic) bond motifs is 1. The number of carboxylic acids is 1. The van der Waals surface area contributed by atoms with Gasteiger partial charge in [-0.1, -0.05) is 5.16 Å². The molecule has 2 aromatic rings. The van der Waals surface area contributed by atoms with Crippen molar-refractivity contribution in [3.05, 3.63) is 40.4 Å². The number of nitrogens with two attached hydrogens (primary N) is 3. The minimum Gasteiger partial charge on any atom is -0.485 e. The Bertz CT molecular complexity index is 1890. The van der Waals surface area contributed by atoms with E-state index in [1.807, 2.05) is 0 Å². The molecule has 1 saturated carbocycles. The molecule has 3 heterocycles. The van der Waals surface area contributed by atoms with Crippen molar-refractivity contribution in [1.29, 1.82) is 0 Å². The van der Waals surface area contributed by atoms with Crippen molar-refractivity contribution in [2.24, 2.45) is 21.6 Å². The molecular formula is C29H38N8O12S2. The van der Waals surface area contributed by atoms with E-state index in [9.17, 15) is 38.1 Å². The predicted octanol–water partition coefficient (Wildman–Crippen LogP) is -1.56. The topological polar surface area (TPSA) is 325 Å². The van der Waals surface area contributed by atoms with E-state index in [1.165, 1.54) is 26.2 Å². The van der Waals surface area contributed by atoms with Gasteiger partial charge in [-0.2, -0.15) is 13.5 Å². The number of amides is 2. The van der Waals surface area contributed by atoms with Gasteiger partial charge in [0.25, 0.3) is 17.4 Å². The van der Waals surface area contributed by atoms with E-state index < -0.39 is 75.4 Å². The van der Waals surface area contributed by atoms with Gasteiger partial charge in [0.15, 0.2) is 16.9 Å². The van der Waals surface area contributed by atoms with E-state index in [-0.39, 0.29) is 29.1 Å². The number of benzene rings is 1. The molecule has 1 unspecified atom stereocenters. The summed E-state index contributed by atoms with van der Waals surface area (Å²) in [6, 6.07) is 3.43. The van der Waals surface area contributed by atoms with Crippen LogP contribution in [-0.4, -0.2) is 115 Å². The maximum Gasteiger partial charge on any atom is 0.418 e. The summed E-state index contributed by atoms with van der Waals surface area (Å²) in [4.78, 5) is 52.8. The number of hydrogen-bond donors (Lipinski definition) is 8. The number of aromatic nitrogens is 1. The zero-order valence-electron chi connectivity index (χ0n) is 27.5. The van der Waals surface area contributed by atoms with Crippen molar-refractivity contribution in [2.75, 3.05) is 12.3 Å². The number of carbonyl (C=O) groups is 3. The van der Waals surface area contributed by atoms with Crippen molar-refractivity contribution in [2.45, 2.75) is 87.4 Å². The molecule has 2 fully saturated rings. The number of β-lactam (4-membered cyclic amide) rings is 1. The number of carbonyl (C=O) groups excluding carboxylic acids is 2. The van der Waals surface area contributed by atoms with E-state index >= 15 is 0 Å². The summed E-state index contributed by atoms with van der Waals surface area (Å²) in [5, 5.41) is 37.4. The lowest BCUT2D eigenvalue weighted by molar-refractivity contribution is -0.218. The number of amidine groups is 1. The first kappa shape index (κ1) is 37.8. The van der Waals surface area contributed by atoms with Crippen LogP contribution in [0.15, 0.2) is 33.7 Å². The summed E-state index contributed by atoms with van der Waals surface area (Å²) in [5.41, 5.74) is 14.2. The first-order valence-electron chi connectivity index (χ1n) is 15.4. The minimum absolute atomic E-state index is 0.0391. The van der Waals surface area contributed by atoms with Crippen molar-refractivity contribution in [3.8, 4) is 5.75 Å². The number of thiazole rings is 1. The van der Waals surface area contributed by atoms with Gasteiger partial charge in [-0.25, -0.2) is 9.78 Å². The summed E-state index contributed by atoms with van der Waals surface area (Å²) < 4.78 is 41.7. The Morgan fingerprint density at radius 3 is 2.57 bits per heavy atom. The van der Waals surface area contributed by atoms with Gasteiger partial charge >= 0.3 is 16.4 Å². The molecule has 1 saturated heterocycles. The second-order valence-corrected chi connectivity index (χ2v) is 15.1. The number of nitrogens with one attached hydrogen (secondary N) is 1. The maximum absolute atomic E-state index is 13.5. The van der Waals surface area contributed by atoms with Crippen LogP contribution in [-0.2, 0) is 40.3 Å². The summed E-state index contributed by atoms with van der Waals surface area (Å²) >= 11 is 0.946. The molecule has 1 aromatic carbocycles. The molecule has 2 aliphatic heterocycles. The van der Waals surface area contributed by atoms with Crippen LogP contribution in [0.5, 0.6) is 5.75 Å². The number of aliphatic carboxylic acids is 1. The molecule has 4 atom stereocenters. The van der Waals surface area contributed by atoms with E-state index in [4.69, 9.17) is 31.3 Å². The van der Waals surface area contributed by atoms with Crippen LogP contribution < -0.4 is 27.3 Å². The number of aryl methyl sites for hydroxylation is 1. The average Bonchev–Trinajstić information content (AvgIpc) is 3.48. The highest BCUT2D eigenvalue weighted by molar-refractivity contribution is 7.80. The Labute approximate surface area is 295 Å². The molecule has 20 nitrogen and oxygen atoms in total. The second kappa shape index (κ2) is 13.6. The number of aliphatic hydroxyl groups is 2. The molecule has 1 aromatic heterocycles. The van der Waals surface area contributed by atoms with Gasteiger partial charge in [0, 0.05) is 16.5 Å². The third kappa shape index (κ3) is 7.47. The Hall–Kier alpha value is -4.45. The molecule has 51 heavy (non-hydrogen) atoms.